The molecule has 0 aliphatic rings. The lowest BCUT2D eigenvalue weighted by atomic mass is 10.3. The number of hydrogen-bond donors (Lipinski definition) is 1. The number of hydrogen-bond acceptors (Lipinski definition) is 3. The minimum Gasteiger partial charge on any atom is -0.263 e. The average Bonchev–Trinajstić information content (AvgIpc) is 2.17. The number of halogens is 1. The van der Waals surface area contributed by atoms with Gasteiger partial charge < -0.3 is 0 Å². The third-order valence-electron chi connectivity index (χ3n) is 1.80. The first-order valence-corrected chi connectivity index (χ1v) is 6.39. The van der Waals surface area contributed by atoms with Gasteiger partial charge in [-0.05, 0) is 13.0 Å². The zero-order chi connectivity index (χ0) is 12.2. The van der Waals surface area contributed by atoms with Gasteiger partial charge in [-0.1, -0.05) is 11.6 Å². The lowest BCUT2D eigenvalue weighted by Crippen LogP contribution is -2.32. The molecular weight excluding hydrogens is 248 g/mol. The molecule has 1 aromatic heterocycles. The number of terminal acetylenes is 1. The van der Waals surface area contributed by atoms with E-state index in [2.05, 4.69) is 15.6 Å². The maximum atomic E-state index is 11.8. The molecule has 16 heavy (non-hydrogen) atoms. The summed E-state index contributed by atoms with van der Waals surface area (Å²) in [5.74, 6) is 2.38. The highest BCUT2D eigenvalue weighted by Crippen LogP contribution is 2.19. The van der Waals surface area contributed by atoms with Crippen molar-refractivity contribution in [3.8, 4) is 12.3 Å². The van der Waals surface area contributed by atoms with E-state index in [9.17, 15) is 8.42 Å². The molecule has 86 valence electrons. The molecule has 1 atom stereocenters. The van der Waals surface area contributed by atoms with Crippen LogP contribution in [0.15, 0.2) is 23.4 Å². The molecule has 0 saturated carbocycles. The van der Waals surface area contributed by atoms with Crippen molar-refractivity contribution in [1.82, 2.24) is 9.71 Å². The summed E-state index contributed by atoms with van der Waals surface area (Å²) in [5.41, 5.74) is 0. The first-order valence-electron chi connectivity index (χ1n) is 4.52. The van der Waals surface area contributed by atoms with Crippen LogP contribution in [0.3, 0.4) is 0 Å². The van der Waals surface area contributed by atoms with E-state index in [0.29, 0.717) is 6.42 Å². The molecule has 1 aromatic rings. The van der Waals surface area contributed by atoms with Crippen molar-refractivity contribution < 1.29 is 8.42 Å². The Labute approximate surface area is 100 Å². The summed E-state index contributed by atoms with van der Waals surface area (Å²) in [4.78, 5) is 3.68. The van der Waals surface area contributed by atoms with Gasteiger partial charge in [-0.25, -0.2) is 13.1 Å². The highest BCUT2D eigenvalue weighted by Gasteiger charge is 2.19. The summed E-state index contributed by atoms with van der Waals surface area (Å²) >= 11 is 5.77. The van der Waals surface area contributed by atoms with E-state index in [1.165, 1.54) is 18.5 Å². The van der Waals surface area contributed by atoms with Crippen LogP contribution in [0.25, 0.3) is 0 Å². The fraction of sp³-hybridized carbons (Fsp3) is 0.300. The molecule has 0 spiro atoms. The Kier molecular flexibility index (Phi) is 4.30. The van der Waals surface area contributed by atoms with E-state index in [1.54, 1.807) is 6.92 Å². The first-order chi connectivity index (χ1) is 7.47. The lowest BCUT2D eigenvalue weighted by molar-refractivity contribution is 0.563. The highest BCUT2D eigenvalue weighted by molar-refractivity contribution is 7.89. The molecular formula is C10H11ClN2O2S. The maximum Gasteiger partial charge on any atom is 0.243 e. The van der Waals surface area contributed by atoms with Crippen LogP contribution in [-0.2, 0) is 10.0 Å². The van der Waals surface area contributed by atoms with Crippen LogP contribution in [0, 0.1) is 12.3 Å². The Balaban J connectivity index is 2.96. The number of nitrogens with one attached hydrogen (secondary N) is 1. The lowest BCUT2D eigenvalue weighted by Gasteiger charge is -2.11. The predicted octanol–water partition coefficient (Wildman–Crippen LogP) is 1.43. The Bertz CT molecular complexity index is 508. The summed E-state index contributed by atoms with van der Waals surface area (Å²) < 4.78 is 26.1. The third kappa shape index (κ3) is 3.20. The van der Waals surface area contributed by atoms with Gasteiger partial charge >= 0.3 is 0 Å². The molecule has 1 unspecified atom stereocenters. The number of aromatic nitrogens is 1. The van der Waals surface area contributed by atoms with Crippen molar-refractivity contribution in [1.29, 1.82) is 0 Å². The van der Waals surface area contributed by atoms with Crippen molar-refractivity contribution in [2.45, 2.75) is 24.3 Å². The summed E-state index contributed by atoms with van der Waals surface area (Å²) in [6, 6.07) is 1.08. The first kappa shape index (κ1) is 13.0. The zero-order valence-electron chi connectivity index (χ0n) is 8.64. The molecule has 0 aliphatic heterocycles. The van der Waals surface area contributed by atoms with E-state index < -0.39 is 10.0 Å². The summed E-state index contributed by atoms with van der Waals surface area (Å²) in [7, 11) is -3.65. The van der Waals surface area contributed by atoms with Crippen LogP contribution in [0.1, 0.15) is 13.3 Å². The van der Waals surface area contributed by atoms with Gasteiger partial charge in [0.2, 0.25) is 10.0 Å². The van der Waals surface area contributed by atoms with Crippen LogP contribution < -0.4 is 4.72 Å². The Morgan fingerprint density at radius 3 is 2.94 bits per heavy atom. The van der Waals surface area contributed by atoms with Crippen molar-refractivity contribution >= 4 is 21.6 Å². The molecule has 1 N–H and O–H groups in total. The minimum absolute atomic E-state index is 0.0412. The second-order valence-electron chi connectivity index (χ2n) is 3.24. The number of rotatable bonds is 4. The van der Waals surface area contributed by atoms with Gasteiger partial charge in [-0.2, -0.15) is 0 Å². The Hall–Kier alpha value is -1.09. The van der Waals surface area contributed by atoms with Crippen molar-refractivity contribution in [3.63, 3.8) is 0 Å². The van der Waals surface area contributed by atoms with E-state index in [0.717, 1.165) is 0 Å². The van der Waals surface area contributed by atoms with E-state index in [4.69, 9.17) is 18.0 Å². The van der Waals surface area contributed by atoms with Gasteiger partial charge in [0.15, 0.2) is 0 Å². The quantitative estimate of drug-likeness (QED) is 0.831. The van der Waals surface area contributed by atoms with Crippen LogP contribution in [0.5, 0.6) is 0 Å². The fourth-order valence-electron chi connectivity index (χ4n) is 1.11. The summed E-state index contributed by atoms with van der Waals surface area (Å²) in [5, 5.41) is 0.135. The van der Waals surface area contributed by atoms with E-state index in [-0.39, 0.29) is 16.0 Å². The summed E-state index contributed by atoms with van der Waals surface area (Å²) in [6.45, 7) is 1.68. The van der Waals surface area contributed by atoms with Crippen LogP contribution in [-0.4, -0.2) is 19.4 Å². The van der Waals surface area contributed by atoms with Crippen molar-refractivity contribution in [2.75, 3.05) is 0 Å². The van der Waals surface area contributed by atoms with E-state index >= 15 is 0 Å². The molecule has 0 fully saturated rings. The van der Waals surface area contributed by atoms with Gasteiger partial charge in [-0.3, -0.25) is 4.98 Å². The minimum atomic E-state index is -3.65. The molecule has 1 rings (SSSR count). The van der Waals surface area contributed by atoms with Crippen molar-refractivity contribution in [3.05, 3.63) is 23.5 Å². The molecule has 0 radical (unpaired) electrons. The second-order valence-corrected chi connectivity index (χ2v) is 5.33. The molecule has 6 heteroatoms. The Morgan fingerprint density at radius 2 is 2.38 bits per heavy atom. The van der Waals surface area contributed by atoms with Crippen LogP contribution in [0.4, 0.5) is 0 Å². The zero-order valence-corrected chi connectivity index (χ0v) is 10.2. The average molecular weight is 259 g/mol. The maximum absolute atomic E-state index is 11.8. The topological polar surface area (TPSA) is 59.1 Å². The normalized spacial score (nSPS) is 13.1. The molecule has 0 bridgehead atoms. The SMILES string of the molecule is C#CCC(C)NS(=O)(=O)c1cnccc1Cl. The molecule has 0 aromatic carbocycles. The highest BCUT2D eigenvalue weighted by atomic mass is 35.5. The van der Waals surface area contributed by atoms with Gasteiger partial charge in [0, 0.05) is 24.9 Å². The number of sulfonamides is 1. The molecule has 0 saturated heterocycles. The predicted molar refractivity (Wildman–Crippen MR) is 62.5 cm³/mol. The standard InChI is InChI=1S/C10H11ClN2O2S/c1-3-4-8(2)13-16(14,15)10-7-12-6-5-9(10)11/h1,5-8,13H,4H2,2H3. The van der Waals surface area contributed by atoms with E-state index in [1.807, 2.05) is 0 Å². The largest absolute Gasteiger partial charge is 0.263 e. The molecule has 0 amide bonds. The van der Waals surface area contributed by atoms with Gasteiger partial charge in [-0.15, -0.1) is 12.3 Å². The molecule has 0 aliphatic carbocycles. The smallest absolute Gasteiger partial charge is 0.243 e. The molecule has 1 heterocycles. The number of pyridine rings is 1. The van der Waals surface area contributed by atoms with Crippen LogP contribution in [0.2, 0.25) is 5.02 Å². The monoisotopic (exact) mass is 258 g/mol. The molecule has 4 nitrogen and oxygen atoms in total. The fourth-order valence-corrected chi connectivity index (χ4v) is 2.78. The number of nitrogens with zero attached hydrogens (tertiary/aromatic N) is 1. The van der Waals surface area contributed by atoms with Gasteiger partial charge in [0.25, 0.3) is 0 Å². The van der Waals surface area contributed by atoms with Gasteiger partial charge in [0.05, 0.1) is 5.02 Å². The van der Waals surface area contributed by atoms with Gasteiger partial charge in [0.1, 0.15) is 4.90 Å². The second kappa shape index (κ2) is 5.30. The van der Waals surface area contributed by atoms with Crippen LogP contribution >= 0.6 is 11.6 Å². The third-order valence-corrected chi connectivity index (χ3v) is 3.86. The van der Waals surface area contributed by atoms with Crippen molar-refractivity contribution in [2.24, 2.45) is 0 Å². The summed E-state index contributed by atoms with van der Waals surface area (Å²) in [6.07, 6.45) is 8.03. The Morgan fingerprint density at radius 1 is 1.69 bits per heavy atom.